The lowest BCUT2D eigenvalue weighted by atomic mass is 9.74. The van der Waals surface area contributed by atoms with Crippen LogP contribution < -0.4 is 5.73 Å². The number of aliphatic hydroxyl groups excluding tert-OH is 3. The average Bonchev–Trinajstić information content (AvgIpc) is 2.71. The molecule has 0 aliphatic rings. The molecule has 8 atom stereocenters. The highest BCUT2D eigenvalue weighted by Crippen LogP contribution is 2.32. The van der Waals surface area contributed by atoms with Crippen molar-refractivity contribution in [1.29, 1.82) is 0 Å². The molecule has 0 aromatic heterocycles. The summed E-state index contributed by atoms with van der Waals surface area (Å²) in [5.41, 5.74) is 6.58. The second-order valence-electron chi connectivity index (χ2n) is 9.18. The van der Waals surface area contributed by atoms with Gasteiger partial charge in [-0.3, -0.25) is 4.79 Å². The predicted octanol–water partition coefficient (Wildman–Crippen LogP) is 4.01. The van der Waals surface area contributed by atoms with E-state index in [0.29, 0.717) is 6.42 Å². The first-order valence-corrected chi connectivity index (χ1v) is 11.3. The van der Waals surface area contributed by atoms with Gasteiger partial charge in [0.05, 0.1) is 18.8 Å². The molecule has 0 aliphatic heterocycles. The minimum absolute atomic E-state index is 0.00624. The van der Waals surface area contributed by atoms with Gasteiger partial charge in [-0.05, 0) is 37.0 Å². The van der Waals surface area contributed by atoms with Crippen molar-refractivity contribution in [3.8, 4) is 0 Å². The molecule has 0 saturated heterocycles. The number of nitrogens with two attached hydrogens (primary N) is 1. The molecule has 0 bridgehead atoms. The fourth-order valence-corrected chi connectivity index (χ4v) is 4.36. The van der Waals surface area contributed by atoms with Crippen LogP contribution in [0.25, 0.3) is 0 Å². The molecule has 0 spiro atoms. The van der Waals surface area contributed by atoms with Crippen LogP contribution in [0.15, 0.2) is 48.6 Å². The van der Waals surface area contributed by atoms with E-state index in [-0.39, 0.29) is 54.4 Å². The van der Waals surface area contributed by atoms with Crippen LogP contribution in [0.1, 0.15) is 54.4 Å². The molecule has 0 radical (unpaired) electrons. The molecule has 0 aromatic carbocycles. The molecule has 0 saturated carbocycles. The van der Waals surface area contributed by atoms with E-state index in [2.05, 4.69) is 12.7 Å². The van der Waals surface area contributed by atoms with Gasteiger partial charge in [-0.25, -0.2) is 0 Å². The molecule has 5 nitrogen and oxygen atoms in total. The Bertz CT molecular complexity index is 625. The molecule has 178 valence electrons. The average molecular weight is 436 g/mol. The second kappa shape index (κ2) is 15.2. The van der Waals surface area contributed by atoms with Gasteiger partial charge in [0.2, 0.25) is 5.91 Å². The van der Waals surface area contributed by atoms with Crippen molar-refractivity contribution < 1.29 is 20.1 Å². The SMILES string of the molecule is C=C/C=C\C(C)C(CC(N)=O)C(C)C(O)C(C)C/C(C)=C\C(C)C(O)C(C)/C=C\CO. The summed E-state index contributed by atoms with van der Waals surface area (Å²) in [4.78, 5) is 11.6. The maximum absolute atomic E-state index is 11.6. The molecule has 1 amide bonds. The molecule has 0 aromatic rings. The Morgan fingerprint density at radius 2 is 1.58 bits per heavy atom. The Kier molecular flexibility index (Phi) is 14.3. The van der Waals surface area contributed by atoms with Gasteiger partial charge in [0.25, 0.3) is 0 Å². The van der Waals surface area contributed by atoms with Crippen molar-refractivity contribution >= 4 is 5.91 Å². The van der Waals surface area contributed by atoms with Gasteiger partial charge in [0.1, 0.15) is 0 Å². The summed E-state index contributed by atoms with van der Waals surface area (Å²) >= 11 is 0. The standard InChI is InChI=1S/C26H45NO4/c1-8-9-11-18(3)23(16-24(27)29)22(7)26(31)21(6)15-17(2)14-20(5)25(30)19(4)12-10-13-28/h8-12,14,18-23,25-26,28,30-31H,1,13,15-16H2,2-7H3,(H2,27,29)/b11-9-,12-10-,17-14-. The second-order valence-corrected chi connectivity index (χ2v) is 9.18. The topological polar surface area (TPSA) is 104 Å². The monoisotopic (exact) mass is 435 g/mol. The van der Waals surface area contributed by atoms with Gasteiger partial charge >= 0.3 is 0 Å². The number of amides is 1. The Balaban J connectivity index is 5.20. The third-order valence-electron chi connectivity index (χ3n) is 6.27. The van der Waals surface area contributed by atoms with Crippen LogP contribution in [-0.4, -0.2) is 40.0 Å². The van der Waals surface area contributed by atoms with Crippen molar-refractivity contribution in [3.05, 3.63) is 48.6 Å². The minimum Gasteiger partial charge on any atom is -0.393 e. The molecule has 0 rings (SSSR count). The highest BCUT2D eigenvalue weighted by Gasteiger charge is 2.32. The van der Waals surface area contributed by atoms with Gasteiger partial charge in [-0.15, -0.1) is 0 Å². The number of rotatable bonds is 15. The van der Waals surface area contributed by atoms with Crippen LogP contribution in [0.3, 0.4) is 0 Å². The fraction of sp³-hybridized carbons (Fsp3) is 0.654. The first-order chi connectivity index (χ1) is 14.5. The predicted molar refractivity (Wildman–Crippen MR) is 129 cm³/mol. The Morgan fingerprint density at radius 3 is 2.10 bits per heavy atom. The third kappa shape index (κ3) is 10.9. The maximum atomic E-state index is 11.6. The van der Waals surface area contributed by atoms with E-state index in [0.717, 1.165) is 5.57 Å². The number of hydrogen-bond donors (Lipinski definition) is 4. The highest BCUT2D eigenvalue weighted by atomic mass is 16.3. The van der Waals surface area contributed by atoms with Crippen LogP contribution in [0.4, 0.5) is 0 Å². The van der Waals surface area contributed by atoms with Crippen molar-refractivity contribution in [1.82, 2.24) is 0 Å². The van der Waals surface area contributed by atoms with E-state index < -0.39 is 12.2 Å². The van der Waals surface area contributed by atoms with Crippen LogP contribution in [-0.2, 0) is 4.79 Å². The van der Waals surface area contributed by atoms with Gasteiger partial charge in [0.15, 0.2) is 0 Å². The van der Waals surface area contributed by atoms with Crippen LogP contribution in [0, 0.1) is 35.5 Å². The van der Waals surface area contributed by atoms with E-state index in [1.165, 1.54) is 0 Å². The van der Waals surface area contributed by atoms with Gasteiger partial charge in [-0.2, -0.15) is 0 Å². The largest absolute Gasteiger partial charge is 0.393 e. The lowest BCUT2D eigenvalue weighted by Crippen LogP contribution is -2.36. The normalized spacial score (nSPS) is 20.7. The summed E-state index contributed by atoms with van der Waals surface area (Å²) in [5.74, 6) is -0.558. The number of aliphatic hydroxyl groups is 3. The molecule has 5 N–H and O–H groups in total. The van der Waals surface area contributed by atoms with Crippen molar-refractivity contribution in [2.24, 2.45) is 41.2 Å². The number of carbonyl (C=O) groups is 1. The van der Waals surface area contributed by atoms with Crippen molar-refractivity contribution in [2.45, 2.75) is 66.6 Å². The lowest BCUT2D eigenvalue weighted by molar-refractivity contribution is -0.120. The summed E-state index contributed by atoms with van der Waals surface area (Å²) < 4.78 is 0. The molecule has 0 aliphatic carbocycles. The van der Waals surface area contributed by atoms with E-state index in [9.17, 15) is 15.0 Å². The van der Waals surface area contributed by atoms with Gasteiger partial charge in [0, 0.05) is 18.3 Å². The number of allylic oxidation sites excluding steroid dienone is 4. The summed E-state index contributed by atoms with van der Waals surface area (Å²) in [6.45, 7) is 15.6. The summed E-state index contributed by atoms with van der Waals surface area (Å²) in [7, 11) is 0. The van der Waals surface area contributed by atoms with Crippen molar-refractivity contribution in [3.63, 3.8) is 0 Å². The molecular weight excluding hydrogens is 390 g/mol. The maximum Gasteiger partial charge on any atom is 0.217 e. The van der Waals surface area contributed by atoms with Gasteiger partial charge < -0.3 is 21.1 Å². The van der Waals surface area contributed by atoms with Crippen LogP contribution in [0.2, 0.25) is 0 Å². The van der Waals surface area contributed by atoms with Crippen LogP contribution >= 0.6 is 0 Å². The molecule has 0 fully saturated rings. The quantitative estimate of drug-likeness (QED) is 0.230. The molecule has 8 unspecified atom stereocenters. The molecule has 0 heterocycles. The summed E-state index contributed by atoms with van der Waals surface area (Å²) in [5, 5.41) is 30.4. The lowest BCUT2D eigenvalue weighted by Gasteiger charge is -2.34. The number of carbonyl (C=O) groups excluding carboxylic acids is 1. The Labute approximate surface area is 189 Å². The van der Waals surface area contributed by atoms with Crippen molar-refractivity contribution in [2.75, 3.05) is 6.61 Å². The third-order valence-corrected chi connectivity index (χ3v) is 6.27. The van der Waals surface area contributed by atoms with E-state index in [4.69, 9.17) is 10.8 Å². The van der Waals surface area contributed by atoms with Crippen LogP contribution in [0.5, 0.6) is 0 Å². The zero-order valence-corrected chi connectivity index (χ0v) is 20.2. The van der Waals surface area contributed by atoms with E-state index >= 15 is 0 Å². The first kappa shape index (κ1) is 29.3. The zero-order valence-electron chi connectivity index (χ0n) is 20.2. The molecule has 31 heavy (non-hydrogen) atoms. The summed E-state index contributed by atoms with van der Waals surface area (Å²) in [6.07, 6.45) is 10.9. The highest BCUT2D eigenvalue weighted by molar-refractivity contribution is 5.74. The fourth-order valence-electron chi connectivity index (χ4n) is 4.36. The minimum atomic E-state index is -0.584. The Morgan fingerprint density at radius 1 is 0.968 bits per heavy atom. The van der Waals surface area contributed by atoms with E-state index in [1.54, 1.807) is 12.2 Å². The van der Waals surface area contributed by atoms with Gasteiger partial charge in [-0.1, -0.05) is 83.2 Å². The Hall–Kier alpha value is -1.69. The first-order valence-electron chi connectivity index (χ1n) is 11.3. The number of primary amides is 1. The molecule has 5 heteroatoms. The van der Waals surface area contributed by atoms with E-state index in [1.807, 2.05) is 59.8 Å². The smallest absolute Gasteiger partial charge is 0.217 e. The zero-order chi connectivity index (χ0) is 24.1. The molecular formula is C26H45NO4. The number of hydrogen-bond acceptors (Lipinski definition) is 4. The summed E-state index contributed by atoms with van der Waals surface area (Å²) in [6, 6.07) is 0.